The molecule has 1 heterocycles. The van der Waals surface area contributed by atoms with Crippen molar-refractivity contribution >= 4 is 22.0 Å². The van der Waals surface area contributed by atoms with Crippen molar-refractivity contribution < 1.29 is 22.4 Å². The maximum absolute atomic E-state index is 13.0. The highest BCUT2D eigenvalue weighted by molar-refractivity contribution is 7.89. The molecule has 1 saturated heterocycles. The molecule has 8 nitrogen and oxygen atoms in total. The van der Waals surface area contributed by atoms with Crippen LogP contribution < -0.4 is 11.1 Å². The summed E-state index contributed by atoms with van der Waals surface area (Å²) in [6, 6.07) is 4.17. The number of urea groups is 1. The topological polar surface area (TPSA) is 113 Å². The van der Waals surface area contributed by atoms with Gasteiger partial charge in [0.05, 0.1) is 4.90 Å². The highest BCUT2D eigenvalue weighted by atomic mass is 32.2. The van der Waals surface area contributed by atoms with Crippen LogP contribution in [0.15, 0.2) is 29.2 Å². The van der Waals surface area contributed by atoms with Gasteiger partial charge < -0.3 is 16.0 Å². The summed E-state index contributed by atoms with van der Waals surface area (Å²) in [5.41, 5.74) is 4.96. The first-order valence-electron chi connectivity index (χ1n) is 8.87. The summed E-state index contributed by atoms with van der Waals surface area (Å²) in [5.74, 6) is -0.494. The first kappa shape index (κ1) is 21.1. The molecule has 1 fully saturated rings. The average Bonchev–Trinajstić information content (AvgIpc) is 2.64. The zero-order valence-corrected chi connectivity index (χ0v) is 15.9. The summed E-state index contributed by atoms with van der Waals surface area (Å²) in [6.45, 7) is 1.59. The molecule has 0 bridgehead atoms. The number of primary amides is 1. The molecule has 0 aliphatic carbocycles. The molecule has 0 spiro atoms. The van der Waals surface area contributed by atoms with Crippen molar-refractivity contribution in [1.29, 1.82) is 0 Å². The molecule has 0 unspecified atom stereocenters. The smallest absolute Gasteiger partial charge is 0.312 e. The molecule has 0 aromatic heterocycles. The SMILES string of the molecule is NC(=O)NCCCCCC(=O)N1CCN(S(=O)(=O)c2ccc(F)cc2)CC1. The van der Waals surface area contributed by atoms with Crippen molar-refractivity contribution in [3.05, 3.63) is 30.1 Å². The van der Waals surface area contributed by atoms with Crippen molar-refractivity contribution in [3.63, 3.8) is 0 Å². The second-order valence-corrected chi connectivity index (χ2v) is 8.28. The molecule has 3 N–H and O–H groups in total. The van der Waals surface area contributed by atoms with Crippen molar-refractivity contribution in [3.8, 4) is 0 Å². The van der Waals surface area contributed by atoms with Gasteiger partial charge in [0.2, 0.25) is 15.9 Å². The molecule has 1 aliphatic heterocycles. The monoisotopic (exact) mass is 400 g/mol. The van der Waals surface area contributed by atoms with Gasteiger partial charge in [-0.2, -0.15) is 4.31 Å². The standard InChI is InChI=1S/C17H25FN4O4S/c18-14-5-7-15(8-6-14)27(25,26)22-12-10-21(11-13-22)16(23)4-2-1-3-9-20-17(19)24/h5-8H,1-4,9-13H2,(H3,19,20,24). The lowest BCUT2D eigenvalue weighted by Gasteiger charge is -2.34. The lowest BCUT2D eigenvalue weighted by Crippen LogP contribution is -2.50. The Morgan fingerprint density at radius 1 is 1.04 bits per heavy atom. The summed E-state index contributed by atoms with van der Waals surface area (Å²) in [7, 11) is -3.68. The molecular formula is C17H25FN4O4S. The number of carbonyl (C=O) groups excluding carboxylic acids is 2. The summed E-state index contributed by atoms with van der Waals surface area (Å²) in [5, 5.41) is 2.49. The Kier molecular flexibility index (Phi) is 7.55. The zero-order valence-electron chi connectivity index (χ0n) is 15.1. The van der Waals surface area contributed by atoms with E-state index >= 15 is 0 Å². The Morgan fingerprint density at radius 2 is 1.67 bits per heavy atom. The van der Waals surface area contributed by atoms with Crippen molar-refractivity contribution in [1.82, 2.24) is 14.5 Å². The van der Waals surface area contributed by atoms with Gasteiger partial charge in [-0.3, -0.25) is 4.79 Å². The quantitative estimate of drug-likeness (QED) is 0.631. The number of sulfonamides is 1. The second-order valence-electron chi connectivity index (χ2n) is 6.34. The minimum atomic E-state index is -3.68. The average molecular weight is 400 g/mol. The van der Waals surface area contributed by atoms with Crippen molar-refractivity contribution in [2.75, 3.05) is 32.7 Å². The molecule has 10 heteroatoms. The summed E-state index contributed by atoms with van der Waals surface area (Å²) >= 11 is 0. The fourth-order valence-corrected chi connectivity index (χ4v) is 4.30. The van der Waals surface area contributed by atoms with Crippen LogP contribution in [0.4, 0.5) is 9.18 Å². The molecule has 0 radical (unpaired) electrons. The van der Waals surface area contributed by atoms with Gasteiger partial charge in [-0.15, -0.1) is 0 Å². The van der Waals surface area contributed by atoms with Gasteiger partial charge in [0.25, 0.3) is 0 Å². The van der Waals surface area contributed by atoms with Crippen LogP contribution in [0.1, 0.15) is 25.7 Å². The summed E-state index contributed by atoms with van der Waals surface area (Å²) in [4.78, 5) is 24.5. The highest BCUT2D eigenvalue weighted by Crippen LogP contribution is 2.18. The molecule has 150 valence electrons. The minimum absolute atomic E-state index is 0.00306. The van der Waals surface area contributed by atoms with E-state index in [1.54, 1.807) is 4.90 Å². The van der Waals surface area contributed by atoms with E-state index in [1.165, 1.54) is 16.4 Å². The maximum atomic E-state index is 13.0. The zero-order chi connectivity index (χ0) is 19.9. The van der Waals surface area contributed by atoms with E-state index in [0.29, 0.717) is 32.5 Å². The van der Waals surface area contributed by atoms with E-state index in [9.17, 15) is 22.4 Å². The van der Waals surface area contributed by atoms with Gasteiger partial charge >= 0.3 is 6.03 Å². The third-order valence-electron chi connectivity index (χ3n) is 4.41. The number of benzene rings is 1. The van der Waals surface area contributed by atoms with Gasteiger partial charge in [0.1, 0.15) is 5.82 Å². The van der Waals surface area contributed by atoms with Crippen LogP contribution in [0.3, 0.4) is 0 Å². The molecular weight excluding hydrogens is 375 g/mol. The van der Waals surface area contributed by atoms with Crippen LogP contribution in [0.2, 0.25) is 0 Å². The van der Waals surface area contributed by atoms with E-state index in [1.807, 2.05) is 0 Å². The number of unbranched alkanes of at least 4 members (excludes halogenated alkanes) is 2. The Morgan fingerprint density at radius 3 is 2.26 bits per heavy atom. The van der Waals surface area contributed by atoms with Crippen LogP contribution in [0.5, 0.6) is 0 Å². The van der Waals surface area contributed by atoms with Crippen LogP contribution in [-0.4, -0.2) is 62.3 Å². The Hall–Kier alpha value is -2.20. The molecule has 3 amide bonds. The largest absolute Gasteiger partial charge is 0.352 e. The molecule has 1 aliphatic rings. The predicted octanol–water partition coefficient (Wildman–Crippen LogP) is 0.887. The first-order valence-corrected chi connectivity index (χ1v) is 10.3. The van der Waals surface area contributed by atoms with Gasteiger partial charge in [-0.05, 0) is 37.1 Å². The molecule has 1 aromatic rings. The maximum Gasteiger partial charge on any atom is 0.312 e. The number of hydrogen-bond acceptors (Lipinski definition) is 4. The number of rotatable bonds is 8. The van der Waals surface area contributed by atoms with E-state index in [4.69, 9.17) is 5.73 Å². The molecule has 2 rings (SSSR count). The summed E-state index contributed by atoms with van der Waals surface area (Å²) in [6.07, 6.45) is 2.64. The first-order chi connectivity index (χ1) is 12.8. The van der Waals surface area contributed by atoms with Gasteiger partial charge in [-0.1, -0.05) is 6.42 Å². The number of hydrogen-bond donors (Lipinski definition) is 2. The Labute approximate surface area is 158 Å². The minimum Gasteiger partial charge on any atom is -0.352 e. The summed E-state index contributed by atoms with van der Waals surface area (Å²) < 4.78 is 39.4. The third kappa shape index (κ3) is 6.17. The number of nitrogens with two attached hydrogens (primary N) is 1. The van der Waals surface area contributed by atoms with E-state index in [0.717, 1.165) is 25.0 Å². The van der Waals surface area contributed by atoms with Crippen LogP contribution in [0.25, 0.3) is 0 Å². The van der Waals surface area contributed by atoms with Crippen LogP contribution >= 0.6 is 0 Å². The number of halogens is 1. The Balaban J connectivity index is 1.75. The fourth-order valence-electron chi connectivity index (χ4n) is 2.88. The molecule has 27 heavy (non-hydrogen) atoms. The molecule has 1 aromatic carbocycles. The second kappa shape index (κ2) is 9.65. The van der Waals surface area contributed by atoms with Crippen LogP contribution in [0, 0.1) is 5.82 Å². The molecule has 0 atom stereocenters. The van der Waals surface area contributed by atoms with Crippen molar-refractivity contribution in [2.45, 2.75) is 30.6 Å². The van der Waals surface area contributed by atoms with Gasteiger partial charge in [0, 0.05) is 39.1 Å². The van der Waals surface area contributed by atoms with E-state index in [2.05, 4.69) is 5.32 Å². The number of nitrogens with zero attached hydrogens (tertiary/aromatic N) is 2. The molecule has 0 saturated carbocycles. The van der Waals surface area contributed by atoms with Gasteiger partial charge in [0.15, 0.2) is 0 Å². The van der Waals surface area contributed by atoms with E-state index < -0.39 is 21.9 Å². The lowest BCUT2D eigenvalue weighted by atomic mass is 10.1. The number of piperazine rings is 1. The normalized spacial score (nSPS) is 15.5. The van der Waals surface area contributed by atoms with E-state index in [-0.39, 0.29) is 23.9 Å². The Bertz CT molecular complexity index is 747. The highest BCUT2D eigenvalue weighted by Gasteiger charge is 2.29. The van der Waals surface area contributed by atoms with Crippen LogP contribution in [-0.2, 0) is 14.8 Å². The van der Waals surface area contributed by atoms with Crippen molar-refractivity contribution in [2.24, 2.45) is 5.73 Å². The predicted molar refractivity (Wildman–Crippen MR) is 97.8 cm³/mol. The van der Waals surface area contributed by atoms with Gasteiger partial charge in [-0.25, -0.2) is 17.6 Å². The number of nitrogens with one attached hydrogen (secondary N) is 1. The number of carbonyl (C=O) groups is 2. The fraction of sp³-hybridized carbons (Fsp3) is 0.529. The lowest BCUT2D eigenvalue weighted by molar-refractivity contribution is -0.132. The number of amides is 3. The third-order valence-corrected chi connectivity index (χ3v) is 6.32.